The van der Waals surface area contributed by atoms with Gasteiger partial charge in [0.2, 0.25) is 11.8 Å². The van der Waals surface area contributed by atoms with Crippen molar-refractivity contribution >= 4 is 51.8 Å². The number of nitrogens with zero attached hydrogens (tertiary/aromatic N) is 1. The van der Waals surface area contributed by atoms with Crippen LogP contribution in [-0.2, 0) is 9.59 Å². The van der Waals surface area contributed by atoms with E-state index in [0.29, 0.717) is 10.8 Å². The first-order valence-electron chi connectivity index (χ1n) is 8.61. The van der Waals surface area contributed by atoms with Crippen molar-refractivity contribution in [2.45, 2.75) is 17.1 Å². The van der Waals surface area contributed by atoms with Crippen LogP contribution in [0.4, 0.5) is 10.8 Å². The van der Waals surface area contributed by atoms with Crippen LogP contribution in [0, 0.1) is 0 Å². The molecule has 2 aromatic carbocycles. The monoisotopic (exact) mass is 409 g/mol. The van der Waals surface area contributed by atoms with Gasteiger partial charge < -0.3 is 10.6 Å². The van der Waals surface area contributed by atoms with Crippen molar-refractivity contribution in [3.63, 3.8) is 0 Å². The van der Waals surface area contributed by atoms with Gasteiger partial charge in [0.1, 0.15) is 0 Å². The number of thiazole rings is 1. The van der Waals surface area contributed by atoms with E-state index in [2.05, 4.69) is 15.6 Å². The highest BCUT2D eigenvalue weighted by atomic mass is 32.2. The Morgan fingerprint density at radius 3 is 2.68 bits per heavy atom. The topological polar surface area (TPSA) is 71.1 Å². The molecule has 1 aromatic heterocycles. The van der Waals surface area contributed by atoms with Crippen molar-refractivity contribution in [1.82, 2.24) is 4.98 Å². The number of rotatable bonds is 7. The maximum atomic E-state index is 12.3. The van der Waals surface area contributed by atoms with Crippen molar-refractivity contribution in [3.05, 3.63) is 77.8 Å². The van der Waals surface area contributed by atoms with Crippen molar-refractivity contribution in [3.8, 4) is 0 Å². The van der Waals surface area contributed by atoms with Crippen LogP contribution >= 0.6 is 23.1 Å². The third-order valence-corrected chi connectivity index (χ3v) is 5.46. The van der Waals surface area contributed by atoms with Crippen molar-refractivity contribution in [2.24, 2.45) is 0 Å². The number of benzene rings is 2. The Morgan fingerprint density at radius 1 is 1.11 bits per heavy atom. The molecule has 0 radical (unpaired) electrons. The van der Waals surface area contributed by atoms with Crippen LogP contribution in [0.3, 0.4) is 0 Å². The number of hydrogen-bond donors (Lipinski definition) is 2. The quantitative estimate of drug-likeness (QED) is 0.429. The van der Waals surface area contributed by atoms with Gasteiger partial charge in [0, 0.05) is 28.2 Å². The second-order valence-corrected chi connectivity index (χ2v) is 8.16. The lowest BCUT2D eigenvalue weighted by Crippen LogP contribution is -2.22. The standard InChI is InChI=1S/C21H19N3O2S2/c1-15(20(26)24-21-22-12-13-27-21)28-18-9-5-8-17(14-18)23-19(25)11-10-16-6-3-2-4-7-16/h2-15H,1H3,(H,23,25)(H,22,24,26)/b11-10+. The second-order valence-electron chi connectivity index (χ2n) is 5.85. The van der Waals surface area contributed by atoms with Gasteiger partial charge in [-0.05, 0) is 36.8 Å². The zero-order valence-corrected chi connectivity index (χ0v) is 16.8. The lowest BCUT2D eigenvalue weighted by atomic mass is 10.2. The number of carbonyl (C=O) groups excluding carboxylic acids is 2. The summed E-state index contributed by atoms with van der Waals surface area (Å²) in [6, 6.07) is 17.1. The van der Waals surface area contributed by atoms with Crippen LogP contribution in [-0.4, -0.2) is 22.0 Å². The van der Waals surface area contributed by atoms with Crippen molar-refractivity contribution in [1.29, 1.82) is 0 Å². The molecular formula is C21H19N3O2S2. The molecule has 0 saturated heterocycles. The van der Waals surface area contributed by atoms with Crippen LogP contribution in [0.5, 0.6) is 0 Å². The van der Waals surface area contributed by atoms with Crippen LogP contribution in [0.1, 0.15) is 12.5 Å². The van der Waals surface area contributed by atoms with Gasteiger partial charge in [-0.1, -0.05) is 36.4 Å². The molecule has 2 amide bonds. The van der Waals surface area contributed by atoms with Gasteiger partial charge in [0.25, 0.3) is 0 Å². The first kappa shape index (κ1) is 19.9. The van der Waals surface area contributed by atoms with Crippen LogP contribution in [0.15, 0.2) is 77.1 Å². The third-order valence-electron chi connectivity index (χ3n) is 3.67. The highest BCUT2D eigenvalue weighted by Gasteiger charge is 2.15. The molecule has 0 aliphatic heterocycles. The number of amides is 2. The average Bonchev–Trinajstić information content (AvgIpc) is 3.20. The molecule has 1 heterocycles. The van der Waals surface area contributed by atoms with E-state index in [-0.39, 0.29) is 17.1 Å². The molecule has 28 heavy (non-hydrogen) atoms. The highest BCUT2D eigenvalue weighted by Crippen LogP contribution is 2.27. The number of thioether (sulfide) groups is 1. The van der Waals surface area contributed by atoms with Crippen LogP contribution in [0.25, 0.3) is 6.08 Å². The third kappa shape index (κ3) is 6.07. The zero-order chi connectivity index (χ0) is 19.8. The maximum Gasteiger partial charge on any atom is 0.248 e. The Bertz CT molecular complexity index is 957. The molecule has 1 atom stereocenters. The largest absolute Gasteiger partial charge is 0.322 e. The molecule has 3 aromatic rings. The van der Waals surface area contributed by atoms with Gasteiger partial charge in [-0.15, -0.1) is 23.1 Å². The first-order valence-corrected chi connectivity index (χ1v) is 10.4. The van der Waals surface area contributed by atoms with E-state index >= 15 is 0 Å². The minimum Gasteiger partial charge on any atom is -0.322 e. The van der Waals surface area contributed by atoms with E-state index in [9.17, 15) is 9.59 Å². The SMILES string of the molecule is CC(Sc1cccc(NC(=O)/C=C/c2ccccc2)c1)C(=O)Nc1nccs1. The Labute approximate surface area is 171 Å². The van der Waals surface area contributed by atoms with E-state index in [0.717, 1.165) is 10.5 Å². The summed E-state index contributed by atoms with van der Waals surface area (Å²) >= 11 is 2.80. The summed E-state index contributed by atoms with van der Waals surface area (Å²) in [5.74, 6) is -0.319. The summed E-state index contributed by atoms with van der Waals surface area (Å²) in [5, 5.41) is 7.73. The van der Waals surface area contributed by atoms with Crippen LogP contribution < -0.4 is 10.6 Å². The fourth-order valence-electron chi connectivity index (χ4n) is 2.32. The fourth-order valence-corrected chi connectivity index (χ4v) is 3.78. The molecule has 0 fully saturated rings. The molecule has 5 nitrogen and oxygen atoms in total. The van der Waals surface area contributed by atoms with Gasteiger partial charge in [0.05, 0.1) is 5.25 Å². The van der Waals surface area contributed by atoms with Gasteiger partial charge in [0.15, 0.2) is 5.13 Å². The molecule has 0 spiro atoms. The number of nitrogens with one attached hydrogen (secondary N) is 2. The van der Waals surface area contributed by atoms with Gasteiger partial charge in [-0.2, -0.15) is 0 Å². The minimum absolute atomic E-state index is 0.111. The van der Waals surface area contributed by atoms with Gasteiger partial charge in [-0.25, -0.2) is 4.98 Å². The van der Waals surface area contributed by atoms with E-state index in [1.807, 2.05) is 66.9 Å². The second kappa shape index (κ2) is 9.87. The predicted molar refractivity (Wildman–Crippen MR) is 117 cm³/mol. The number of anilines is 2. The molecule has 7 heteroatoms. The van der Waals surface area contributed by atoms with Gasteiger partial charge >= 0.3 is 0 Å². The Kier molecular flexibility index (Phi) is 7.00. The molecule has 1 unspecified atom stereocenters. The molecule has 0 saturated carbocycles. The summed E-state index contributed by atoms with van der Waals surface area (Å²) in [6.07, 6.45) is 4.91. The minimum atomic E-state index is -0.298. The Morgan fingerprint density at radius 2 is 1.93 bits per heavy atom. The lowest BCUT2D eigenvalue weighted by molar-refractivity contribution is -0.115. The number of hydrogen-bond acceptors (Lipinski definition) is 5. The van der Waals surface area contributed by atoms with Gasteiger partial charge in [-0.3, -0.25) is 9.59 Å². The summed E-state index contributed by atoms with van der Waals surface area (Å²) in [4.78, 5) is 29.3. The number of aromatic nitrogens is 1. The zero-order valence-electron chi connectivity index (χ0n) is 15.2. The summed E-state index contributed by atoms with van der Waals surface area (Å²) < 4.78 is 0. The Hall–Kier alpha value is -2.90. The smallest absolute Gasteiger partial charge is 0.248 e. The van der Waals surface area contributed by atoms with Crippen molar-refractivity contribution < 1.29 is 9.59 Å². The van der Waals surface area contributed by atoms with E-state index in [1.54, 1.807) is 12.3 Å². The van der Waals surface area contributed by atoms with Crippen LogP contribution in [0.2, 0.25) is 0 Å². The van der Waals surface area contributed by atoms with E-state index in [4.69, 9.17) is 0 Å². The summed E-state index contributed by atoms with van der Waals surface area (Å²) in [5.41, 5.74) is 1.64. The average molecular weight is 410 g/mol. The molecule has 0 bridgehead atoms. The van der Waals surface area contributed by atoms with E-state index in [1.165, 1.54) is 29.2 Å². The number of carbonyl (C=O) groups is 2. The predicted octanol–water partition coefficient (Wildman–Crippen LogP) is 4.91. The first-order chi connectivity index (χ1) is 13.6. The maximum absolute atomic E-state index is 12.3. The highest BCUT2D eigenvalue weighted by molar-refractivity contribution is 8.00. The lowest BCUT2D eigenvalue weighted by Gasteiger charge is -2.11. The molecule has 0 aliphatic carbocycles. The van der Waals surface area contributed by atoms with E-state index < -0.39 is 0 Å². The Balaban J connectivity index is 1.56. The molecule has 142 valence electrons. The molecular weight excluding hydrogens is 390 g/mol. The molecule has 2 N–H and O–H groups in total. The summed E-state index contributed by atoms with van der Waals surface area (Å²) in [7, 11) is 0. The fraction of sp³-hybridized carbons (Fsp3) is 0.0952. The normalized spacial score (nSPS) is 11.9. The summed E-state index contributed by atoms with van der Waals surface area (Å²) in [6.45, 7) is 1.83. The molecule has 3 rings (SSSR count). The van der Waals surface area contributed by atoms with Crippen molar-refractivity contribution in [2.75, 3.05) is 10.6 Å². The molecule has 0 aliphatic rings.